The topological polar surface area (TPSA) is 84.2 Å². The Hall–Kier alpha value is -4.52. The van der Waals surface area contributed by atoms with E-state index in [1.165, 1.54) is 42.5 Å². The molecule has 1 amide bonds. The van der Waals surface area contributed by atoms with Crippen LogP contribution in [0.2, 0.25) is 0 Å². The number of carbonyl (C=O) groups is 2. The minimum absolute atomic E-state index is 0.135. The van der Waals surface area contributed by atoms with E-state index in [1.54, 1.807) is 29.1 Å². The van der Waals surface area contributed by atoms with Crippen LogP contribution in [0.4, 0.5) is 10.1 Å². The quantitative estimate of drug-likeness (QED) is 0.423. The molecule has 0 saturated heterocycles. The van der Waals surface area contributed by atoms with E-state index in [2.05, 4.69) is 10.4 Å². The molecule has 6 nitrogen and oxygen atoms in total. The van der Waals surface area contributed by atoms with Crippen molar-refractivity contribution in [3.05, 3.63) is 108 Å². The zero-order valence-corrected chi connectivity index (χ0v) is 16.8. The lowest BCUT2D eigenvalue weighted by Gasteiger charge is -2.02. The number of aromatic carboxylic acids is 1. The van der Waals surface area contributed by atoms with Gasteiger partial charge in [0, 0.05) is 29.1 Å². The lowest BCUT2D eigenvalue weighted by atomic mass is 10.1. The second kappa shape index (κ2) is 9.09. The Bertz CT molecular complexity index is 1280. The molecule has 32 heavy (non-hydrogen) atoms. The van der Waals surface area contributed by atoms with E-state index in [1.807, 2.05) is 30.3 Å². The van der Waals surface area contributed by atoms with Crippen molar-refractivity contribution in [3.8, 4) is 16.9 Å². The lowest BCUT2D eigenvalue weighted by Crippen LogP contribution is -2.08. The number of amides is 1. The van der Waals surface area contributed by atoms with E-state index in [0.29, 0.717) is 22.5 Å². The smallest absolute Gasteiger partial charge is 0.335 e. The fourth-order valence-electron chi connectivity index (χ4n) is 3.10. The van der Waals surface area contributed by atoms with Crippen LogP contribution < -0.4 is 5.32 Å². The van der Waals surface area contributed by atoms with Crippen LogP contribution in [-0.4, -0.2) is 26.8 Å². The molecule has 0 atom stereocenters. The minimum Gasteiger partial charge on any atom is -0.478 e. The maximum atomic E-state index is 13.4. The van der Waals surface area contributed by atoms with Crippen LogP contribution in [0, 0.1) is 5.82 Å². The summed E-state index contributed by atoms with van der Waals surface area (Å²) >= 11 is 0. The number of aromatic nitrogens is 2. The van der Waals surface area contributed by atoms with Crippen molar-refractivity contribution in [1.82, 2.24) is 9.78 Å². The van der Waals surface area contributed by atoms with E-state index in [9.17, 15) is 14.0 Å². The summed E-state index contributed by atoms with van der Waals surface area (Å²) in [7, 11) is 0. The maximum Gasteiger partial charge on any atom is 0.335 e. The van der Waals surface area contributed by atoms with Gasteiger partial charge in [0.25, 0.3) is 0 Å². The van der Waals surface area contributed by atoms with Crippen molar-refractivity contribution in [2.24, 2.45) is 0 Å². The first kappa shape index (κ1) is 20.7. The monoisotopic (exact) mass is 427 g/mol. The second-order valence-electron chi connectivity index (χ2n) is 6.93. The van der Waals surface area contributed by atoms with Crippen LogP contribution in [0.5, 0.6) is 0 Å². The van der Waals surface area contributed by atoms with Gasteiger partial charge in [-0.05, 0) is 66.7 Å². The molecular weight excluding hydrogens is 409 g/mol. The number of nitrogens with one attached hydrogen (secondary N) is 1. The summed E-state index contributed by atoms with van der Waals surface area (Å²) in [6, 6.07) is 21.4. The molecule has 7 heteroatoms. The largest absolute Gasteiger partial charge is 0.478 e. The van der Waals surface area contributed by atoms with Crippen molar-refractivity contribution in [2.75, 3.05) is 5.32 Å². The predicted molar refractivity (Wildman–Crippen MR) is 120 cm³/mol. The van der Waals surface area contributed by atoms with Crippen LogP contribution >= 0.6 is 0 Å². The molecule has 0 aliphatic heterocycles. The Morgan fingerprint density at radius 1 is 0.938 bits per heavy atom. The molecule has 2 N–H and O–H groups in total. The van der Waals surface area contributed by atoms with Gasteiger partial charge in [0.05, 0.1) is 16.9 Å². The van der Waals surface area contributed by atoms with E-state index in [-0.39, 0.29) is 17.3 Å². The molecule has 158 valence electrons. The van der Waals surface area contributed by atoms with Crippen LogP contribution in [0.25, 0.3) is 23.0 Å². The third kappa shape index (κ3) is 4.79. The Balaban J connectivity index is 1.60. The zero-order valence-electron chi connectivity index (χ0n) is 16.8. The van der Waals surface area contributed by atoms with Gasteiger partial charge in [-0.3, -0.25) is 4.79 Å². The van der Waals surface area contributed by atoms with E-state index in [0.717, 1.165) is 5.69 Å². The highest BCUT2D eigenvalue weighted by Gasteiger charge is 2.11. The first-order valence-electron chi connectivity index (χ1n) is 9.73. The molecule has 0 radical (unpaired) electrons. The molecule has 1 aromatic heterocycles. The molecule has 3 aromatic carbocycles. The number of nitrogens with zero attached hydrogens (tertiary/aromatic N) is 2. The van der Waals surface area contributed by atoms with Crippen LogP contribution in [0.3, 0.4) is 0 Å². The molecule has 0 saturated carbocycles. The molecule has 0 aliphatic rings. The van der Waals surface area contributed by atoms with Gasteiger partial charge in [-0.25, -0.2) is 13.9 Å². The van der Waals surface area contributed by atoms with Crippen molar-refractivity contribution in [3.63, 3.8) is 0 Å². The Labute approximate surface area is 183 Å². The van der Waals surface area contributed by atoms with E-state index >= 15 is 0 Å². The second-order valence-corrected chi connectivity index (χ2v) is 6.93. The van der Waals surface area contributed by atoms with Crippen LogP contribution in [0.1, 0.15) is 15.9 Å². The first-order chi connectivity index (χ1) is 15.5. The zero-order chi connectivity index (χ0) is 22.5. The molecule has 4 rings (SSSR count). The van der Waals surface area contributed by atoms with Crippen molar-refractivity contribution in [1.29, 1.82) is 0 Å². The summed E-state index contributed by atoms with van der Waals surface area (Å²) in [5.74, 6) is -1.77. The number of para-hydroxylation sites is 1. The highest BCUT2D eigenvalue weighted by molar-refractivity contribution is 6.02. The number of carboxylic acids is 1. The highest BCUT2D eigenvalue weighted by Crippen LogP contribution is 2.25. The fourth-order valence-corrected chi connectivity index (χ4v) is 3.10. The predicted octanol–water partition coefficient (Wildman–Crippen LogP) is 5.03. The number of rotatable bonds is 6. The van der Waals surface area contributed by atoms with Gasteiger partial charge in [-0.15, -0.1) is 0 Å². The molecular formula is C25H18FN3O3. The van der Waals surface area contributed by atoms with Crippen LogP contribution in [-0.2, 0) is 4.79 Å². The van der Waals surface area contributed by atoms with Crippen molar-refractivity contribution in [2.45, 2.75) is 0 Å². The Kier molecular flexibility index (Phi) is 5.89. The third-order valence-electron chi connectivity index (χ3n) is 4.69. The molecule has 0 aliphatic carbocycles. The summed E-state index contributed by atoms with van der Waals surface area (Å²) in [5.41, 5.74) is 3.45. The molecule has 0 bridgehead atoms. The third-order valence-corrected chi connectivity index (χ3v) is 4.69. The summed E-state index contributed by atoms with van der Waals surface area (Å²) in [6.07, 6.45) is 4.79. The number of halogens is 1. The summed E-state index contributed by atoms with van der Waals surface area (Å²) in [5, 5.41) is 16.3. The van der Waals surface area contributed by atoms with Gasteiger partial charge < -0.3 is 10.4 Å². The van der Waals surface area contributed by atoms with Crippen LogP contribution in [0.15, 0.2) is 91.1 Å². The molecule has 0 fully saturated rings. The first-order valence-corrected chi connectivity index (χ1v) is 9.73. The maximum absolute atomic E-state index is 13.4. The number of hydrogen-bond donors (Lipinski definition) is 2. The number of anilines is 1. The number of carboxylic acid groups (broad SMARTS) is 1. The average molecular weight is 427 g/mol. The van der Waals surface area contributed by atoms with Gasteiger partial charge in [-0.2, -0.15) is 5.10 Å². The molecule has 0 unspecified atom stereocenters. The van der Waals surface area contributed by atoms with E-state index < -0.39 is 5.97 Å². The SMILES string of the molecule is O=C(/C=C/c1cn(-c2ccccc2)nc1-c1ccc(F)cc1)Nc1ccc(C(=O)O)cc1. The normalized spacial score (nSPS) is 10.9. The number of carbonyl (C=O) groups excluding carboxylic acids is 1. The van der Waals surface area contributed by atoms with Gasteiger partial charge in [0.2, 0.25) is 5.91 Å². The Morgan fingerprint density at radius 3 is 2.28 bits per heavy atom. The lowest BCUT2D eigenvalue weighted by molar-refractivity contribution is -0.111. The fraction of sp³-hybridized carbons (Fsp3) is 0. The number of hydrogen-bond acceptors (Lipinski definition) is 3. The summed E-state index contributed by atoms with van der Waals surface area (Å²) < 4.78 is 15.1. The standard InChI is InChI=1S/C25H18FN3O3/c26-20-11-6-17(7-12-20)24-19(16-29(28-24)22-4-2-1-3-5-22)10-15-23(30)27-21-13-8-18(9-14-21)25(31)32/h1-16H,(H,27,30)(H,31,32)/b15-10+. The molecule has 4 aromatic rings. The summed E-state index contributed by atoms with van der Waals surface area (Å²) in [6.45, 7) is 0. The molecule has 0 spiro atoms. The van der Waals surface area contributed by atoms with Crippen molar-refractivity contribution >= 4 is 23.6 Å². The van der Waals surface area contributed by atoms with Gasteiger partial charge in [-0.1, -0.05) is 18.2 Å². The minimum atomic E-state index is -1.04. The van der Waals surface area contributed by atoms with E-state index in [4.69, 9.17) is 5.11 Å². The number of benzene rings is 3. The molecule has 1 heterocycles. The Morgan fingerprint density at radius 2 is 1.62 bits per heavy atom. The van der Waals surface area contributed by atoms with Crippen molar-refractivity contribution < 1.29 is 19.1 Å². The van der Waals surface area contributed by atoms with Gasteiger partial charge >= 0.3 is 5.97 Å². The van der Waals surface area contributed by atoms with Gasteiger partial charge in [0.1, 0.15) is 5.82 Å². The average Bonchev–Trinajstić information content (AvgIpc) is 3.23. The highest BCUT2D eigenvalue weighted by atomic mass is 19.1. The van der Waals surface area contributed by atoms with Gasteiger partial charge in [0.15, 0.2) is 0 Å². The summed E-state index contributed by atoms with van der Waals surface area (Å²) in [4.78, 5) is 23.3.